The molecule has 6 heteroatoms. The monoisotopic (exact) mass is 256 g/mol. The van der Waals surface area contributed by atoms with E-state index in [9.17, 15) is 13.2 Å². The highest BCUT2D eigenvalue weighted by Gasteiger charge is 2.40. The number of ether oxygens (including phenoxy) is 1. The molecule has 0 bridgehead atoms. The van der Waals surface area contributed by atoms with Gasteiger partial charge in [-0.05, 0) is 30.0 Å². The van der Waals surface area contributed by atoms with E-state index < -0.39 is 10.9 Å². The third-order valence-electron chi connectivity index (χ3n) is 1.55. The molecule has 15 heavy (non-hydrogen) atoms. The largest absolute Gasteiger partial charge is 0.497 e. The predicted molar refractivity (Wildman–Crippen MR) is 54.5 cm³/mol. The standard InChI is InChI=1S/C9H8ClF3OS/c1-14-6-3-2-4-7(5-6)15-9(12,13)8(10)11/h2-5,8H,1H3. The van der Waals surface area contributed by atoms with Gasteiger partial charge >= 0.3 is 5.25 Å². The maximum atomic E-state index is 12.9. The van der Waals surface area contributed by atoms with E-state index in [1.54, 1.807) is 12.1 Å². The highest BCUT2D eigenvalue weighted by molar-refractivity contribution is 8.00. The quantitative estimate of drug-likeness (QED) is 0.597. The van der Waals surface area contributed by atoms with Gasteiger partial charge in [-0.2, -0.15) is 8.78 Å². The summed E-state index contributed by atoms with van der Waals surface area (Å²) in [6.07, 6.45) is 0. The van der Waals surface area contributed by atoms with E-state index in [0.717, 1.165) is 0 Å². The van der Waals surface area contributed by atoms with Crippen LogP contribution in [0.25, 0.3) is 0 Å². The Morgan fingerprint density at radius 2 is 2.13 bits per heavy atom. The van der Waals surface area contributed by atoms with Crippen LogP contribution in [0.4, 0.5) is 13.2 Å². The van der Waals surface area contributed by atoms with Crippen molar-refractivity contribution in [3.8, 4) is 5.75 Å². The summed E-state index contributed by atoms with van der Waals surface area (Å²) in [5.41, 5.74) is -2.71. The van der Waals surface area contributed by atoms with Gasteiger partial charge in [-0.15, -0.1) is 0 Å². The molecule has 1 aromatic carbocycles. The Kier molecular flexibility index (Phi) is 4.16. The molecule has 0 radical (unpaired) electrons. The third-order valence-corrected chi connectivity index (χ3v) is 2.92. The second-order valence-electron chi connectivity index (χ2n) is 2.64. The van der Waals surface area contributed by atoms with Gasteiger partial charge in [-0.1, -0.05) is 17.7 Å². The molecule has 0 amide bonds. The molecule has 1 rings (SSSR count). The zero-order valence-electron chi connectivity index (χ0n) is 7.72. The van der Waals surface area contributed by atoms with E-state index in [1.165, 1.54) is 19.2 Å². The van der Waals surface area contributed by atoms with Crippen LogP contribution in [-0.4, -0.2) is 18.0 Å². The Bertz CT molecular complexity index is 333. The number of halogens is 4. The molecule has 1 atom stereocenters. The van der Waals surface area contributed by atoms with Gasteiger partial charge in [0.2, 0.25) is 5.63 Å². The van der Waals surface area contributed by atoms with Crippen LogP contribution < -0.4 is 4.74 Å². The number of hydrogen-bond acceptors (Lipinski definition) is 2. The fourth-order valence-corrected chi connectivity index (χ4v) is 1.73. The van der Waals surface area contributed by atoms with E-state index in [0.29, 0.717) is 5.75 Å². The molecule has 0 aliphatic carbocycles. The molecular formula is C9H8ClF3OS. The molecular weight excluding hydrogens is 249 g/mol. The van der Waals surface area contributed by atoms with Crippen LogP contribution in [0, 0.1) is 0 Å². The summed E-state index contributed by atoms with van der Waals surface area (Å²) in [4.78, 5) is 0.197. The van der Waals surface area contributed by atoms with Crippen LogP contribution in [0.3, 0.4) is 0 Å². The first-order valence-corrected chi connectivity index (χ1v) is 5.20. The Hall–Kier alpha value is -0.550. The Morgan fingerprint density at radius 3 is 2.67 bits per heavy atom. The SMILES string of the molecule is COc1cccc(SC(F)(F)C(F)Cl)c1. The average molecular weight is 257 g/mol. The van der Waals surface area contributed by atoms with Gasteiger partial charge < -0.3 is 4.74 Å². The first kappa shape index (κ1) is 12.5. The molecule has 0 heterocycles. The highest BCUT2D eigenvalue weighted by atomic mass is 35.5. The molecule has 1 nitrogen and oxygen atoms in total. The lowest BCUT2D eigenvalue weighted by molar-refractivity contribution is 0.0537. The smallest absolute Gasteiger partial charge is 0.342 e. The molecule has 84 valence electrons. The molecule has 0 N–H and O–H groups in total. The van der Waals surface area contributed by atoms with Gasteiger partial charge in [0, 0.05) is 4.90 Å². The zero-order valence-corrected chi connectivity index (χ0v) is 9.29. The molecule has 0 saturated heterocycles. The normalized spacial score (nSPS) is 13.7. The van der Waals surface area contributed by atoms with E-state index in [4.69, 9.17) is 16.3 Å². The van der Waals surface area contributed by atoms with Gasteiger partial charge in [0.15, 0.2) is 0 Å². The lowest BCUT2D eigenvalue weighted by Gasteiger charge is -2.15. The van der Waals surface area contributed by atoms with Gasteiger partial charge in [0.25, 0.3) is 0 Å². The van der Waals surface area contributed by atoms with Crippen molar-refractivity contribution in [1.29, 1.82) is 0 Å². The van der Waals surface area contributed by atoms with Gasteiger partial charge in [-0.25, -0.2) is 4.39 Å². The predicted octanol–water partition coefficient (Wildman–Crippen LogP) is 3.91. The molecule has 1 aromatic rings. The fourth-order valence-electron chi connectivity index (χ4n) is 0.866. The molecule has 0 saturated carbocycles. The van der Waals surface area contributed by atoms with Crippen molar-refractivity contribution in [2.45, 2.75) is 15.8 Å². The maximum Gasteiger partial charge on any atom is 0.342 e. The number of alkyl halides is 4. The van der Waals surface area contributed by atoms with Crippen molar-refractivity contribution >= 4 is 23.4 Å². The summed E-state index contributed by atoms with van der Waals surface area (Å²) >= 11 is 4.79. The fraction of sp³-hybridized carbons (Fsp3) is 0.333. The highest BCUT2D eigenvalue weighted by Crippen LogP contribution is 2.41. The third kappa shape index (κ3) is 3.50. The van der Waals surface area contributed by atoms with Crippen LogP contribution >= 0.6 is 23.4 Å². The van der Waals surface area contributed by atoms with E-state index >= 15 is 0 Å². The first-order chi connectivity index (χ1) is 6.95. The van der Waals surface area contributed by atoms with Crippen LogP contribution in [0.2, 0.25) is 0 Å². The van der Waals surface area contributed by atoms with Crippen LogP contribution in [0.5, 0.6) is 5.75 Å². The maximum absolute atomic E-state index is 12.9. The molecule has 0 aliphatic rings. The minimum absolute atomic E-state index is 0.0632. The summed E-state index contributed by atoms with van der Waals surface area (Å²) < 4.78 is 42.9. The molecule has 0 aromatic heterocycles. The minimum atomic E-state index is -3.64. The summed E-state index contributed by atoms with van der Waals surface area (Å²) in [5.74, 6) is 0.431. The average Bonchev–Trinajstić information content (AvgIpc) is 2.17. The van der Waals surface area contributed by atoms with Crippen molar-refractivity contribution in [2.75, 3.05) is 7.11 Å². The topological polar surface area (TPSA) is 9.23 Å². The molecule has 0 spiro atoms. The van der Waals surface area contributed by atoms with Crippen LogP contribution in [-0.2, 0) is 0 Å². The number of thioether (sulfide) groups is 1. The van der Waals surface area contributed by atoms with Gasteiger partial charge in [0.1, 0.15) is 5.75 Å². The first-order valence-electron chi connectivity index (χ1n) is 3.95. The van der Waals surface area contributed by atoms with Crippen LogP contribution in [0.1, 0.15) is 0 Å². The van der Waals surface area contributed by atoms with Crippen molar-refractivity contribution < 1.29 is 17.9 Å². The van der Waals surface area contributed by atoms with Crippen molar-refractivity contribution in [2.24, 2.45) is 0 Å². The van der Waals surface area contributed by atoms with Gasteiger partial charge in [-0.3, -0.25) is 0 Å². The summed E-state index contributed by atoms with van der Waals surface area (Å²) in [5, 5.41) is -3.64. The molecule has 0 fully saturated rings. The Labute approximate surface area is 94.6 Å². The number of rotatable bonds is 4. The zero-order chi connectivity index (χ0) is 11.5. The lowest BCUT2D eigenvalue weighted by Crippen LogP contribution is -2.20. The number of methoxy groups -OCH3 is 1. The minimum Gasteiger partial charge on any atom is -0.497 e. The molecule has 0 aliphatic heterocycles. The van der Waals surface area contributed by atoms with Crippen molar-refractivity contribution in [3.05, 3.63) is 24.3 Å². The van der Waals surface area contributed by atoms with Gasteiger partial charge in [0.05, 0.1) is 7.11 Å². The van der Waals surface area contributed by atoms with E-state index in [2.05, 4.69) is 0 Å². The van der Waals surface area contributed by atoms with Crippen molar-refractivity contribution in [1.82, 2.24) is 0 Å². The second kappa shape index (κ2) is 4.99. The Morgan fingerprint density at radius 1 is 1.47 bits per heavy atom. The summed E-state index contributed by atoms with van der Waals surface area (Å²) in [6.45, 7) is 0. The van der Waals surface area contributed by atoms with Crippen molar-refractivity contribution in [3.63, 3.8) is 0 Å². The number of benzene rings is 1. The number of hydrogen-bond donors (Lipinski definition) is 0. The summed E-state index contributed by atoms with van der Waals surface area (Å²) in [6, 6.07) is 5.97. The summed E-state index contributed by atoms with van der Waals surface area (Å²) in [7, 11) is 1.42. The molecule has 1 unspecified atom stereocenters. The van der Waals surface area contributed by atoms with E-state index in [1.807, 2.05) is 0 Å². The lowest BCUT2D eigenvalue weighted by atomic mass is 10.3. The van der Waals surface area contributed by atoms with Crippen LogP contribution in [0.15, 0.2) is 29.2 Å². The van der Waals surface area contributed by atoms with E-state index in [-0.39, 0.29) is 16.7 Å². The Balaban J connectivity index is 2.80. The second-order valence-corrected chi connectivity index (χ2v) is 4.25.